The van der Waals surface area contributed by atoms with Crippen LogP contribution < -0.4 is 10.6 Å². The lowest BCUT2D eigenvalue weighted by molar-refractivity contribution is -0.126. The van der Waals surface area contributed by atoms with Gasteiger partial charge in [-0.3, -0.25) is 4.79 Å². The summed E-state index contributed by atoms with van der Waals surface area (Å²) in [6, 6.07) is 0.434. The molecule has 1 saturated carbocycles. The predicted octanol–water partition coefficient (Wildman–Crippen LogP) is 2.20. The second-order valence-corrected chi connectivity index (χ2v) is 6.39. The van der Waals surface area contributed by atoms with Gasteiger partial charge in [-0.05, 0) is 51.4 Å². The second kappa shape index (κ2) is 8.28. The van der Waals surface area contributed by atoms with Crippen LogP contribution in [0.25, 0.3) is 0 Å². The van der Waals surface area contributed by atoms with E-state index in [-0.39, 0.29) is 18.3 Å². The lowest BCUT2D eigenvalue weighted by Crippen LogP contribution is -2.44. The summed E-state index contributed by atoms with van der Waals surface area (Å²) < 4.78 is 0. The van der Waals surface area contributed by atoms with E-state index >= 15 is 0 Å². The van der Waals surface area contributed by atoms with Gasteiger partial charge in [-0.15, -0.1) is 12.4 Å². The van der Waals surface area contributed by atoms with Crippen LogP contribution in [0.4, 0.5) is 0 Å². The van der Waals surface area contributed by atoms with E-state index in [9.17, 15) is 4.79 Å². The highest BCUT2D eigenvalue weighted by Gasteiger charge is 2.26. The number of carbonyl (C=O) groups is 1. The van der Waals surface area contributed by atoms with Gasteiger partial charge in [0.2, 0.25) is 5.91 Å². The molecule has 1 amide bonds. The zero-order valence-electron chi connectivity index (χ0n) is 11.1. The summed E-state index contributed by atoms with van der Waals surface area (Å²) in [6.45, 7) is 1.99. The summed E-state index contributed by atoms with van der Waals surface area (Å²) in [6.07, 6.45) is 9.12. The van der Waals surface area contributed by atoms with E-state index in [1.807, 2.05) is 11.8 Å². The van der Waals surface area contributed by atoms with Crippen molar-refractivity contribution in [3.8, 4) is 0 Å². The molecule has 0 aromatic carbocycles. The van der Waals surface area contributed by atoms with Crippen molar-refractivity contribution in [2.75, 3.05) is 19.3 Å². The fourth-order valence-corrected chi connectivity index (χ4v) is 3.72. The highest BCUT2D eigenvalue weighted by atomic mass is 35.5. The number of nitrogens with one attached hydrogen (secondary N) is 2. The van der Waals surface area contributed by atoms with Gasteiger partial charge in [-0.1, -0.05) is 6.42 Å². The van der Waals surface area contributed by atoms with Gasteiger partial charge in [0.15, 0.2) is 0 Å². The minimum atomic E-state index is 0. The fourth-order valence-electron chi connectivity index (χ4n) is 2.89. The van der Waals surface area contributed by atoms with Crippen molar-refractivity contribution in [3.63, 3.8) is 0 Å². The SMILES string of the molecule is CSC1CCCC(NC(=O)C2CCNCC2)C1.Cl. The largest absolute Gasteiger partial charge is 0.353 e. The van der Waals surface area contributed by atoms with E-state index < -0.39 is 0 Å². The van der Waals surface area contributed by atoms with Gasteiger partial charge in [-0.25, -0.2) is 0 Å². The van der Waals surface area contributed by atoms with Gasteiger partial charge in [0, 0.05) is 17.2 Å². The quantitative estimate of drug-likeness (QED) is 0.838. The van der Waals surface area contributed by atoms with E-state index in [1.165, 1.54) is 19.3 Å². The summed E-state index contributed by atoms with van der Waals surface area (Å²) >= 11 is 1.95. The molecule has 1 aliphatic heterocycles. The number of thioether (sulfide) groups is 1. The van der Waals surface area contributed by atoms with Crippen LogP contribution in [-0.2, 0) is 4.79 Å². The highest BCUT2D eigenvalue weighted by molar-refractivity contribution is 7.99. The van der Waals surface area contributed by atoms with Crippen LogP contribution in [0, 0.1) is 5.92 Å². The first kappa shape index (κ1) is 16.1. The van der Waals surface area contributed by atoms with Gasteiger partial charge in [0.1, 0.15) is 0 Å². The van der Waals surface area contributed by atoms with Crippen molar-refractivity contribution in [2.45, 2.75) is 49.8 Å². The minimum Gasteiger partial charge on any atom is -0.353 e. The third-order valence-electron chi connectivity index (χ3n) is 4.02. The Balaban J connectivity index is 0.00000162. The first-order chi connectivity index (χ1) is 8.29. The van der Waals surface area contributed by atoms with E-state index in [0.29, 0.717) is 11.9 Å². The Morgan fingerprint density at radius 3 is 2.61 bits per heavy atom. The van der Waals surface area contributed by atoms with Crippen molar-refractivity contribution in [1.82, 2.24) is 10.6 Å². The summed E-state index contributed by atoms with van der Waals surface area (Å²) in [5.41, 5.74) is 0. The van der Waals surface area contributed by atoms with Crippen molar-refractivity contribution in [2.24, 2.45) is 5.92 Å². The van der Waals surface area contributed by atoms with Crippen LogP contribution in [0.15, 0.2) is 0 Å². The Hall–Kier alpha value is 0.0700. The number of carbonyl (C=O) groups excluding carboxylic acids is 1. The fraction of sp³-hybridized carbons (Fsp3) is 0.923. The molecule has 5 heteroatoms. The maximum absolute atomic E-state index is 12.1. The molecule has 106 valence electrons. The number of rotatable bonds is 3. The molecule has 3 nitrogen and oxygen atoms in total. The van der Waals surface area contributed by atoms with E-state index in [2.05, 4.69) is 16.9 Å². The molecule has 0 spiro atoms. The van der Waals surface area contributed by atoms with Crippen LogP contribution in [0.1, 0.15) is 38.5 Å². The van der Waals surface area contributed by atoms with E-state index in [0.717, 1.165) is 37.6 Å². The molecule has 1 heterocycles. The molecule has 0 radical (unpaired) electrons. The molecular weight excluding hydrogens is 268 g/mol. The molecule has 0 aromatic rings. The zero-order valence-corrected chi connectivity index (χ0v) is 12.7. The molecule has 1 saturated heterocycles. The van der Waals surface area contributed by atoms with Crippen LogP contribution in [0.2, 0.25) is 0 Å². The number of hydrogen-bond acceptors (Lipinski definition) is 3. The monoisotopic (exact) mass is 292 g/mol. The predicted molar refractivity (Wildman–Crippen MR) is 80.5 cm³/mol. The first-order valence-corrected chi connectivity index (χ1v) is 8.12. The molecule has 2 fully saturated rings. The number of piperidine rings is 1. The number of halogens is 1. The molecule has 2 unspecified atom stereocenters. The summed E-state index contributed by atoms with van der Waals surface area (Å²) in [4.78, 5) is 12.1. The smallest absolute Gasteiger partial charge is 0.223 e. The Bertz CT molecular complexity index is 259. The van der Waals surface area contributed by atoms with Crippen molar-refractivity contribution >= 4 is 30.1 Å². The van der Waals surface area contributed by atoms with Crippen LogP contribution in [-0.4, -0.2) is 36.5 Å². The molecule has 0 aromatic heterocycles. The second-order valence-electron chi connectivity index (χ2n) is 5.25. The van der Waals surface area contributed by atoms with Crippen LogP contribution in [0.5, 0.6) is 0 Å². The molecule has 18 heavy (non-hydrogen) atoms. The van der Waals surface area contributed by atoms with Crippen molar-refractivity contribution < 1.29 is 4.79 Å². The maximum atomic E-state index is 12.1. The summed E-state index contributed by atoms with van der Waals surface area (Å²) in [7, 11) is 0. The first-order valence-electron chi connectivity index (χ1n) is 6.83. The van der Waals surface area contributed by atoms with Crippen LogP contribution in [0.3, 0.4) is 0 Å². The molecular formula is C13H25ClN2OS. The topological polar surface area (TPSA) is 41.1 Å². The molecule has 2 rings (SSSR count). The number of amides is 1. The van der Waals surface area contributed by atoms with Gasteiger partial charge >= 0.3 is 0 Å². The normalized spacial score (nSPS) is 29.4. The summed E-state index contributed by atoms with van der Waals surface area (Å²) in [5, 5.41) is 7.33. The van der Waals surface area contributed by atoms with Crippen molar-refractivity contribution in [3.05, 3.63) is 0 Å². The molecule has 1 aliphatic carbocycles. The van der Waals surface area contributed by atoms with Gasteiger partial charge in [0.25, 0.3) is 0 Å². The molecule has 2 N–H and O–H groups in total. The molecule has 2 aliphatic rings. The standard InChI is InChI=1S/C13H24N2OS.ClH/c1-17-12-4-2-3-11(9-12)15-13(16)10-5-7-14-8-6-10;/h10-12,14H,2-9H2,1H3,(H,15,16);1H. The van der Waals surface area contributed by atoms with Crippen molar-refractivity contribution in [1.29, 1.82) is 0 Å². The van der Waals surface area contributed by atoms with E-state index in [1.54, 1.807) is 0 Å². The molecule has 0 bridgehead atoms. The lowest BCUT2D eigenvalue weighted by atomic mass is 9.92. The minimum absolute atomic E-state index is 0. The van der Waals surface area contributed by atoms with Gasteiger partial charge < -0.3 is 10.6 Å². The Morgan fingerprint density at radius 2 is 1.94 bits per heavy atom. The number of hydrogen-bond donors (Lipinski definition) is 2. The average Bonchev–Trinajstić information content (AvgIpc) is 2.40. The lowest BCUT2D eigenvalue weighted by Gasteiger charge is -2.31. The van der Waals surface area contributed by atoms with E-state index in [4.69, 9.17) is 0 Å². The Labute approximate surface area is 121 Å². The average molecular weight is 293 g/mol. The maximum Gasteiger partial charge on any atom is 0.223 e. The Morgan fingerprint density at radius 1 is 1.22 bits per heavy atom. The van der Waals surface area contributed by atoms with Gasteiger partial charge in [-0.2, -0.15) is 11.8 Å². The third-order valence-corrected chi connectivity index (χ3v) is 5.11. The van der Waals surface area contributed by atoms with Crippen LogP contribution >= 0.6 is 24.2 Å². The third kappa shape index (κ3) is 4.63. The summed E-state index contributed by atoms with van der Waals surface area (Å²) in [5.74, 6) is 0.559. The zero-order chi connectivity index (χ0) is 12.1. The molecule has 2 atom stereocenters. The van der Waals surface area contributed by atoms with Gasteiger partial charge in [0.05, 0.1) is 0 Å². The Kier molecular flexibility index (Phi) is 7.42. The highest BCUT2D eigenvalue weighted by Crippen LogP contribution is 2.27.